The van der Waals surface area contributed by atoms with Crippen molar-refractivity contribution >= 4 is 5.96 Å². The second-order valence-electron chi connectivity index (χ2n) is 7.39. The summed E-state index contributed by atoms with van der Waals surface area (Å²) in [6.07, 6.45) is 4.09. The highest BCUT2D eigenvalue weighted by Gasteiger charge is 2.08. The third kappa shape index (κ3) is 11.1. The van der Waals surface area contributed by atoms with Gasteiger partial charge in [0.15, 0.2) is 5.96 Å². The van der Waals surface area contributed by atoms with Crippen molar-refractivity contribution in [2.75, 3.05) is 46.9 Å². The molecule has 6 nitrogen and oxygen atoms in total. The Morgan fingerprint density at radius 3 is 2.50 bits per heavy atom. The number of nitrogens with one attached hydrogen (secondary N) is 2. The molecule has 0 saturated heterocycles. The molecule has 0 bridgehead atoms. The van der Waals surface area contributed by atoms with Gasteiger partial charge in [0.1, 0.15) is 5.75 Å². The van der Waals surface area contributed by atoms with Crippen LogP contribution < -0.4 is 15.4 Å². The van der Waals surface area contributed by atoms with Gasteiger partial charge in [-0.15, -0.1) is 0 Å². The van der Waals surface area contributed by atoms with E-state index in [1.165, 1.54) is 0 Å². The van der Waals surface area contributed by atoms with Crippen LogP contribution in [0.4, 0.5) is 0 Å². The number of guanidine groups is 1. The molecule has 28 heavy (non-hydrogen) atoms. The highest BCUT2D eigenvalue weighted by Crippen LogP contribution is 2.13. The lowest BCUT2D eigenvalue weighted by Crippen LogP contribution is -2.40. The van der Waals surface area contributed by atoms with Gasteiger partial charge in [-0.2, -0.15) is 0 Å². The number of aliphatic hydroxyl groups is 1. The molecule has 3 N–H and O–H groups in total. The maximum absolute atomic E-state index is 9.21. The Bertz CT molecular complexity index is 526. The van der Waals surface area contributed by atoms with Gasteiger partial charge in [0.2, 0.25) is 0 Å². The zero-order valence-corrected chi connectivity index (χ0v) is 18.2. The quantitative estimate of drug-likeness (QED) is 0.258. The molecule has 0 aliphatic heterocycles. The summed E-state index contributed by atoms with van der Waals surface area (Å²) in [4.78, 5) is 6.85. The van der Waals surface area contributed by atoms with Gasteiger partial charge in [-0.25, -0.2) is 4.99 Å². The van der Waals surface area contributed by atoms with Crippen LogP contribution in [-0.4, -0.2) is 62.9 Å². The molecular formula is C22H40N4O2. The molecule has 0 saturated carbocycles. The number of nitrogens with zero attached hydrogens (tertiary/aromatic N) is 2. The van der Waals surface area contributed by atoms with E-state index in [0.29, 0.717) is 12.5 Å². The summed E-state index contributed by atoms with van der Waals surface area (Å²) in [6, 6.07) is 8.17. The van der Waals surface area contributed by atoms with Gasteiger partial charge in [0, 0.05) is 26.2 Å². The van der Waals surface area contributed by atoms with Crippen LogP contribution in [0.3, 0.4) is 0 Å². The summed E-state index contributed by atoms with van der Waals surface area (Å²) >= 11 is 0. The van der Waals surface area contributed by atoms with Crippen molar-refractivity contribution in [1.82, 2.24) is 15.5 Å². The second kappa shape index (κ2) is 15.2. The molecule has 0 heterocycles. The Balaban J connectivity index is 2.50. The molecule has 6 heteroatoms. The molecule has 0 spiro atoms. The van der Waals surface area contributed by atoms with E-state index >= 15 is 0 Å². The van der Waals surface area contributed by atoms with Crippen molar-refractivity contribution in [2.45, 2.75) is 46.1 Å². The number of aliphatic hydroxyl groups excluding tert-OH is 1. The summed E-state index contributed by atoms with van der Waals surface area (Å²) < 4.78 is 5.78. The van der Waals surface area contributed by atoms with Gasteiger partial charge in [-0.3, -0.25) is 0 Å². The Hall–Kier alpha value is -1.79. The molecular weight excluding hydrogens is 352 g/mol. The van der Waals surface area contributed by atoms with Crippen LogP contribution in [0.2, 0.25) is 0 Å². The average Bonchev–Trinajstić information content (AvgIpc) is 2.68. The maximum Gasteiger partial charge on any atom is 0.191 e. The minimum Gasteiger partial charge on any atom is -0.494 e. The normalized spacial score (nSPS) is 12.9. The molecule has 1 atom stereocenters. The number of hydrogen-bond donors (Lipinski definition) is 3. The van der Waals surface area contributed by atoms with E-state index in [9.17, 15) is 5.11 Å². The molecule has 160 valence electrons. The predicted molar refractivity (Wildman–Crippen MR) is 118 cm³/mol. The van der Waals surface area contributed by atoms with E-state index in [1.54, 1.807) is 0 Å². The fourth-order valence-corrected chi connectivity index (χ4v) is 2.95. The van der Waals surface area contributed by atoms with Crippen molar-refractivity contribution in [1.29, 1.82) is 0 Å². The summed E-state index contributed by atoms with van der Waals surface area (Å²) in [6.45, 7) is 8.53. The molecule has 0 aliphatic carbocycles. The van der Waals surface area contributed by atoms with Crippen LogP contribution in [0, 0.1) is 5.92 Å². The first-order valence-corrected chi connectivity index (χ1v) is 10.6. The van der Waals surface area contributed by atoms with Gasteiger partial charge in [0.25, 0.3) is 0 Å². The minimum absolute atomic E-state index is 0.240. The van der Waals surface area contributed by atoms with Crippen LogP contribution in [0.25, 0.3) is 0 Å². The van der Waals surface area contributed by atoms with Gasteiger partial charge in [-0.05, 0) is 63.9 Å². The van der Waals surface area contributed by atoms with Gasteiger partial charge in [0.05, 0.1) is 13.2 Å². The van der Waals surface area contributed by atoms with Gasteiger partial charge < -0.3 is 25.4 Å². The smallest absolute Gasteiger partial charge is 0.191 e. The third-order valence-electron chi connectivity index (χ3n) is 4.50. The van der Waals surface area contributed by atoms with Crippen LogP contribution in [0.5, 0.6) is 5.75 Å². The SMILES string of the molecule is CCCC(CCO)CNC(=NCc1ccc(OCCCN(C)C)cc1)NCC. The third-order valence-corrected chi connectivity index (χ3v) is 4.50. The van der Waals surface area contributed by atoms with E-state index in [2.05, 4.69) is 60.6 Å². The molecule has 1 unspecified atom stereocenters. The molecule has 0 amide bonds. The van der Waals surface area contributed by atoms with Gasteiger partial charge in [-0.1, -0.05) is 25.5 Å². The van der Waals surface area contributed by atoms with E-state index in [4.69, 9.17) is 4.74 Å². The standard InChI is InChI=1S/C22H40N4O2/c1-5-8-19(13-15-27)17-24-22(23-6-2)25-18-20-9-11-21(12-10-20)28-16-7-14-26(3)4/h9-12,19,27H,5-8,13-18H2,1-4H3,(H2,23,24,25). The monoisotopic (exact) mass is 392 g/mol. The van der Waals surface area contributed by atoms with Crippen LogP contribution in [0.1, 0.15) is 45.1 Å². The van der Waals surface area contributed by atoms with E-state index in [-0.39, 0.29) is 6.61 Å². The number of hydrogen-bond acceptors (Lipinski definition) is 4. The predicted octanol–water partition coefficient (Wildman–Crippen LogP) is 2.87. The first-order chi connectivity index (χ1) is 13.6. The highest BCUT2D eigenvalue weighted by atomic mass is 16.5. The molecule has 0 radical (unpaired) electrons. The fourth-order valence-electron chi connectivity index (χ4n) is 2.95. The lowest BCUT2D eigenvalue weighted by molar-refractivity contribution is 0.251. The summed E-state index contributed by atoms with van der Waals surface area (Å²) in [5.74, 6) is 2.20. The minimum atomic E-state index is 0.240. The Morgan fingerprint density at radius 2 is 1.89 bits per heavy atom. The maximum atomic E-state index is 9.21. The highest BCUT2D eigenvalue weighted by molar-refractivity contribution is 5.79. The van der Waals surface area contributed by atoms with Crippen LogP contribution in [-0.2, 0) is 6.54 Å². The van der Waals surface area contributed by atoms with Crippen molar-refractivity contribution in [3.8, 4) is 5.75 Å². The Labute approximate surface area is 171 Å². The number of rotatable bonds is 14. The van der Waals surface area contributed by atoms with Crippen molar-refractivity contribution in [3.05, 3.63) is 29.8 Å². The van der Waals surface area contributed by atoms with E-state index in [1.807, 2.05) is 12.1 Å². The lowest BCUT2D eigenvalue weighted by atomic mass is 10.0. The molecule has 0 aromatic heterocycles. The van der Waals surface area contributed by atoms with Crippen LogP contribution in [0.15, 0.2) is 29.3 Å². The lowest BCUT2D eigenvalue weighted by Gasteiger charge is -2.18. The Morgan fingerprint density at radius 1 is 1.14 bits per heavy atom. The molecule has 1 aromatic carbocycles. The van der Waals surface area contributed by atoms with Crippen molar-refractivity contribution < 1.29 is 9.84 Å². The molecule has 0 fully saturated rings. The van der Waals surface area contributed by atoms with Crippen molar-refractivity contribution in [2.24, 2.45) is 10.9 Å². The molecule has 1 aromatic rings. The van der Waals surface area contributed by atoms with E-state index in [0.717, 1.165) is 69.2 Å². The fraction of sp³-hybridized carbons (Fsp3) is 0.682. The molecule has 1 rings (SSSR count). The second-order valence-corrected chi connectivity index (χ2v) is 7.39. The topological polar surface area (TPSA) is 69.1 Å². The first kappa shape index (κ1) is 24.2. The Kier molecular flexibility index (Phi) is 13.1. The average molecular weight is 393 g/mol. The van der Waals surface area contributed by atoms with Crippen molar-refractivity contribution in [3.63, 3.8) is 0 Å². The van der Waals surface area contributed by atoms with Gasteiger partial charge >= 0.3 is 0 Å². The van der Waals surface area contributed by atoms with Crippen LogP contribution >= 0.6 is 0 Å². The zero-order chi connectivity index (χ0) is 20.6. The summed E-state index contributed by atoms with van der Waals surface area (Å²) in [5.41, 5.74) is 1.15. The number of benzene rings is 1. The summed E-state index contributed by atoms with van der Waals surface area (Å²) in [7, 11) is 4.14. The molecule has 0 aliphatic rings. The zero-order valence-electron chi connectivity index (χ0n) is 18.2. The largest absolute Gasteiger partial charge is 0.494 e. The first-order valence-electron chi connectivity index (χ1n) is 10.6. The number of aliphatic imine (C=N–C) groups is 1. The number of ether oxygens (including phenoxy) is 1. The summed E-state index contributed by atoms with van der Waals surface area (Å²) in [5, 5.41) is 15.9. The van der Waals surface area contributed by atoms with E-state index < -0.39 is 0 Å².